The van der Waals surface area contributed by atoms with E-state index in [-0.39, 0.29) is 17.1 Å². The second-order valence-corrected chi connectivity index (χ2v) is 9.36. The summed E-state index contributed by atoms with van der Waals surface area (Å²) in [5.41, 5.74) is 1.70. The Bertz CT molecular complexity index is 1220. The third-order valence-electron chi connectivity index (χ3n) is 6.40. The maximum atomic E-state index is 13.2. The third-order valence-corrected chi connectivity index (χ3v) is 6.40. The first kappa shape index (κ1) is 20.6. The van der Waals surface area contributed by atoms with Crippen molar-refractivity contribution in [2.24, 2.45) is 7.05 Å². The molecule has 0 aliphatic carbocycles. The van der Waals surface area contributed by atoms with Gasteiger partial charge in [-0.05, 0) is 58.2 Å². The molecule has 7 heteroatoms. The van der Waals surface area contributed by atoms with Crippen LogP contribution in [0.2, 0.25) is 0 Å². The Morgan fingerprint density at radius 2 is 1.90 bits per heavy atom. The predicted molar refractivity (Wildman–Crippen MR) is 117 cm³/mol. The van der Waals surface area contributed by atoms with E-state index in [0.29, 0.717) is 21.9 Å². The molecule has 0 radical (unpaired) electrons. The van der Waals surface area contributed by atoms with Gasteiger partial charge in [0.1, 0.15) is 5.65 Å². The standard InChI is InChI=1S/C23H29N5O2/c1-14(29)17-10-15(12-24)11-18-20(17)19-13-25-28(21(19)26(5)22(18)30)16-6-8-27(9-7-16)23(2,3)4/h10-11,13-14,16,29H,6-9H2,1-5H3. The second-order valence-electron chi connectivity index (χ2n) is 9.36. The van der Waals surface area contributed by atoms with Crippen molar-refractivity contribution in [1.82, 2.24) is 19.2 Å². The molecule has 2 aromatic heterocycles. The molecule has 1 fully saturated rings. The summed E-state index contributed by atoms with van der Waals surface area (Å²) in [6.07, 6.45) is 2.94. The van der Waals surface area contributed by atoms with Crippen molar-refractivity contribution >= 4 is 21.8 Å². The molecule has 1 unspecified atom stereocenters. The van der Waals surface area contributed by atoms with Crippen molar-refractivity contribution in [2.75, 3.05) is 13.1 Å². The SMILES string of the molecule is CC(O)c1cc(C#N)cc2c(=O)n(C)c3c(cnn3C3CCN(C(C)(C)C)CC3)c12. The average molecular weight is 408 g/mol. The number of aryl methyl sites for hydroxylation is 1. The van der Waals surface area contributed by atoms with Crippen LogP contribution in [0.5, 0.6) is 0 Å². The Morgan fingerprint density at radius 3 is 2.47 bits per heavy atom. The Morgan fingerprint density at radius 1 is 1.23 bits per heavy atom. The molecule has 158 valence electrons. The minimum Gasteiger partial charge on any atom is -0.389 e. The quantitative estimate of drug-likeness (QED) is 0.705. The maximum Gasteiger partial charge on any atom is 0.259 e. The minimum atomic E-state index is -0.797. The number of pyridine rings is 1. The van der Waals surface area contributed by atoms with Gasteiger partial charge in [-0.1, -0.05) is 0 Å². The van der Waals surface area contributed by atoms with Gasteiger partial charge >= 0.3 is 0 Å². The van der Waals surface area contributed by atoms with E-state index in [2.05, 4.69) is 31.7 Å². The van der Waals surface area contributed by atoms with E-state index in [1.807, 2.05) is 4.68 Å². The van der Waals surface area contributed by atoms with E-state index >= 15 is 0 Å². The summed E-state index contributed by atoms with van der Waals surface area (Å²) in [5, 5.41) is 26.4. The number of fused-ring (bicyclic) bond motifs is 3. The fraction of sp³-hybridized carbons (Fsp3) is 0.522. The molecule has 30 heavy (non-hydrogen) atoms. The third kappa shape index (κ3) is 3.21. The van der Waals surface area contributed by atoms with Crippen LogP contribution < -0.4 is 5.56 Å². The number of aliphatic hydroxyl groups is 1. The number of nitriles is 1. The lowest BCUT2D eigenvalue weighted by molar-refractivity contribution is 0.0878. The van der Waals surface area contributed by atoms with Gasteiger partial charge < -0.3 is 5.11 Å². The zero-order chi connectivity index (χ0) is 21.8. The van der Waals surface area contributed by atoms with Crippen LogP contribution >= 0.6 is 0 Å². The summed E-state index contributed by atoms with van der Waals surface area (Å²) in [6.45, 7) is 10.3. The maximum absolute atomic E-state index is 13.2. The molecule has 1 atom stereocenters. The van der Waals surface area contributed by atoms with Gasteiger partial charge in [0.2, 0.25) is 0 Å². The largest absolute Gasteiger partial charge is 0.389 e. The highest BCUT2D eigenvalue weighted by Gasteiger charge is 2.29. The van der Waals surface area contributed by atoms with Crippen LogP contribution in [0.4, 0.5) is 0 Å². The van der Waals surface area contributed by atoms with E-state index in [4.69, 9.17) is 5.10 Å². The molecule has 0 saturated carbocycles. The van der Waals surface area contributed by atoms with E-state index in [9.17, 15) is 15.2 Å². The van der Waals surface area contributed by atoms with Gasteiger partial charge in [0.05, 0.1) is 30.0 Å². The number of benzene rings is 1. The fourth-order valence-corrected chi connectivity index (χ4v) is 4.72. The Hall–Kier alpha value is -2.69. The van der Waals surface area contributed by atoms with Crippen LogP contribution in [0.25, 0.3) is 21.8 Å². The first-order valence-corrected chi connectivity index (χ1v) is 10.5. The van der Waals surface area contributed by atoms with Crippen LogP contribution in [-0.2, 0) is 7.05 Å². The first-order chi connectivity index (χ1) is 14.1. The van der Waals surface area contributed by atoms with Crippen molar-refractivity contribution in [3.63, 3.8) is 0 Å². The summed E-state index contributed by atoms with van der Waals surface area (Å²) in [7, 11) is 1.76. The molecule has 3 heterocycles. The van der Waals surface area contributed by atoms with Gasteiger partial charge in [-0.2, -0.15) is 10.4 Å². The fourth-order valence-electron chi connectivity index (χ4n) is 4.72. The van der Waals surface area contributed by atoms with E-state index < -0.39 is 6.10 Å². The number of piperidine rings is 1. The Kier molecular flexibility index (Phi) is 4.95. The molecule has 1 aliphatic rings. The van der Waals surface area contributed by atoms with Crippen LogP contribution in [0.15, 0.2) is 23.1 Å². The Balaban J connectivity index is 1.90. The summed E-state index contributed by atoms with van der Waals surface area (Å²) in [5.74, 6) is 0. The van der Waals surface area contributed by atoms with Crippen molar-refractivity contribution in [3.05, 3.63) is 39.8 Å². The van der Waals surface area contributed by atoms with Gasteiger partial charge in [0, 0.05) is 41.8 Å². The second kappa shape index (κ2) is 7.22. The first-order valence-electron chi connectivity index (χ1n) is 10.5. The van der Waals surface area contributed by atoms with Gasteiger partial charge in [0.15, 0.2) is 0 Å². The average Bonchev–Trinajstić information content (AvgIpc) is 3.15. The number of rotatable bonds is 2. The number of aromatic nitrogens is 3. The highest BCUT2D eigenvalue weighted by atomic mass is 16.3. The van der Waals surface area contributed by atoms with Crippen molar-refractivity contribution < 1.29 is 5.11 Å². The van der Waals surface area contributed by atoms with Gasteiger partial charge in [-0.3, -0.25) is 14.3 Å². The number of likely N-dealkylation sites (tertiary alicyclic amines) is 1. The normalized spacial score (nSPS) is 17.5. The monoisotopic (exact) mass is 407 g/mol. The zero-order valence-electron chi connectivity index (χ0n) is 18.3. The van der Waals surface area contributed by atoms with Gasteiger partial charge in [0.25, 0.3) is 5.56 Å². The van der Waals surface area contributed by atoms with Crippen LogP contribution in [-0.4, -0.2) is 43.0 Å². The molecule has 1 N–H and O–H groups in total. The van der Waals surface area contributed by atoms with Gasteiger partial charge in [-0.15, -0.1) is 0 Å². The van der Waals surface area contributed by atoms with Crippen LogP contribution in [0.3, 0.4) is 0 Å². The minimum absolute atomic E-state index is 0.144. The Labute approximate surface area is 176 Å². The molecule has 1 aromatic carbocycles. The topological polar surface area (TPSA) is 87.1 Å². The number of nitrogens with zero attached hydrogens (tertiary/aromatic N) is 5. The molecule has 1 saturated heterocycles. The number of hydrogen-bond acceptors (Lipinski definition) is 5. The lowest BCUT2D eigenvalue weighted by Crippen LogP contribution is -2.46. The summed E-state index contributed by atoms with van der Waals surface area (Å²) >= 11 is 0. The van der Waals surface area contributed by atoms with Crippen molar-refractivity contribution in [3.8, 4) is 6.07 Å². The predicted octanol–water partition coefficient (Wildman–Crippen LogP) is 3.25. The van der Waals surface area contributed by atoms with Crippen molar-refractivity contribution in [2.45, 2.75) is 58.2 Å². The smallest absolute Gasteiger partial charge is 0.259 e. The molecule has 0 spiro atoms. The van der Waals surface area contributed by atoms with Gasteiger partial charge in [-0.25, -0.2) is 4.68 Å². The molecule has 3 aromatic rings. The zero-order valence-corrected chi connectivity index (χ0v) is 18.3. The highest BCUT2D eigenvalue weighted by molar-refractivity contribution is 6.07. The lowest BCUT2D eigenvalue weighted by atomic mass is 9.96. The summed E-state index contributed by atoms with van der Waals surface area (Å²) < 4.78 is 3.62. The van der Waals surface area contributed by atoms with Crippen LogP contribution in [0.1, 0.15) is 63.8 Å². The molecule has 0 amide bonds. The molecular formula is C23H29N5O2. The number of aliphatic hydroxyl groups excluding tert-OH is 1. The van der Waals surface area contributed by atoms with Crippen molar-refractivity contribution in [1.29, 1.82) is 5.26 Å². The summed E-state index contributed by atoms with van der Waals surface area (Å²) in [4.78, 5) is 15.7. The van der Waals surface area contributed by atoms with Crippen LogP contribution in [0, 0.1) is 11.3 Å². The molecular weight excluding hydrogens is 378 g/mol. The molecule has 7 nitrogen and oxygen atoms in total. The summed E-state index contributed by atoms with van der Waals surface area (Å²) in [6, 6.07) is 5.60. The van der Waals surface area contributed by atoms with E-state index in [0.717, 1.165) is 37.0 Å². The molecule has 4 rings (SSSR count). The molecule has 1 aliphatic heterocycles. The lowest BCUT2D eigenvalue weighted by Gasteiger charge is -2.41. The molecule has 0 bridgehead atoms. The highest BCUT2D eigenvalue weighted by Crippen LogP contribution is 2.34. The van der Waals surface area contributed by atoms with E-state index in [1.165, 1.54) is 0 Å². The van der Waals surface area contributed by atoms with E-state index in [1.54, 1.807) is 36.9 Å². The number of hydrogen-bond donors (Lipinski definition) is 1.